The summed E-state index contributed by atoms with van der Waals surface area (Å²) in [6, 6.07) is 3.77. The average molecular weight is 255 g/mol. The van der Waals surface area contributed by atoms with Crippen LogP contribution in [0.4, 0.5) is 8.78 Å². The van der Waals surface area contributed by atoms with Gasteiger partial charge in [0.05, 0.1) is 7.11 Å². The van der Waals surface area contributed by atoms with Crippen molar-refractivity contribution in [1.82, 2.24) is 0 Å². The molecule has 0 aliphatic rings. The Balaban J connectivity index is 3.49. The third kappa shape index (κ3) is 2.60. The molecule has 1 rings (SSSR count). The first kappa shape index (κ1) is 13.6. The van der Waals surface area contributed by atoms with E-state index in [1.807, 2.05) is 0 Å². The van der Waals surface area contributed by atoms with Crippen molar-refractivity contribution in [3.05, 3.63) is 28.8 Å². The van der Waals surface area contributed by atoms with E-state index in [1.165, 1.54) is 0 Å². The molecule has 7 heteroatoms. The number of alkyl halides is 2. The molecule has 18 heavy (non-hydrogen) atoms. The molecule has 0 radical (unpaired) electrons. The van der Waals surface area contributed by atoms with Gasteiger partial charge >= 0.3 is 12.6 Å². The molecule has 0 fully saturated rings. The molecular formula is C11H7F2NO4. The third-order valence-corrected chi connectivity index (χ3v) is 2.04. The van der Waals surface area contributed by atoms with Crippen LogP contribution in [0.2, 0.25) is 0 Å². The first-order valence-corrected chi connectivity index (χ1v) is 4.60. The van der Waals surface area contributed by atoms with Crippen molar-refractivity contribution in [2.24, 2.45) is 0 Å². The number of rotatable bonds is 4. The van der Waals surface area contributed by atoms with Crippen LogP contribution in [-0.4, -0.2) is 26.0 Å². The van der Waals surface area contributed by atoms with E-state index in [9.17, 15) is 18.4 Å². The second-order valence-electron chi connectivity index (χ2n) is 3.01. The normalized spacial score (nSPS) is 9.72. The van der Waals surface area contributed by atoms with Gasteiger partial charge in [0, 0.05) is 5.56 Å². The zero-order valence-electron chi connectivity index (χ0n) is 9.15. The summed E-state index contributed by atoms with van der Waals surface area (Å²) >= 11 is 0. The number of carbonyl (C=O) groups excluding carboxylic acids is 2. The number of esters is 1. The summed E-state index contributed by atoms with van der Waals surface area (Å²) in [5.41, 5.74) is -0.936. The number of hydrogen-bond acceptors (Lipinski definition) is 5. The molecule has 0 aliphatic heterocycles. The molecule has 0 saturated heterocycles. The van der Waals surface area contributed by atoms with Crippen LogP contribution in [0.15, 0.2) is 12.1 Å². The molecule has 0 spiro atoms. The van der Waals surface area contributed by atoms with Crippen LogP contribution >= 0.6 is 0 Å². The lowest BCUT2D eigenvalue weighted by Gasteiger charge is -2.11. The van der Waals surface area contributed by atoms with E-state index < -0.39 is 23.9 Å². The Morgan fingerprint density at radius 1 is 1.50 bits per heavy atom. The summed E-state index contributed by atoms with van der Waals surface area (Å²) in [6.45, 7) is -3.23. The highest BCUT2D eigenvalue weighted by Gasteiger charge is 2.22. The van der Waals surface area contributed by atoms with Crippen molar-refractivity contribution < 1.29 is 27.8 Å². The van der Waals surface area contributed by atoms with Crippen molar-refractivity contribution >= 4 is 12.3 Å². The van der Waals surface area contributed by atoms with Crippen LogP contribution in [0.25, 0.3) is 0 Å². The van der Waals surface area contributed by atoms with Crippen LogP contribution in [0, 0.1) is 11.3 Å². The molecule has 0 aliphatic carbocycles. The highest BCUT2D eigenvalue weighted by atomic mass is 19.3. The first-order valence-electron chi connectivity index (χ1n) is 4.60. The Bertz CT molecular complexity index is 523. The predicted octanol–water partition coefficient (Wildman–Crippen LogP) is 1.76. The highest BCUT2D eigenvalue weighted by Crippen LogP contribution is 2.28. The number of hydrogen-bond donors (Lipinski definition) is 0. The number of halogens is 2. The molecule has 0 aromatic heterocycles. The van der Waals surface area contributed by atoms with E-state index in [1.54, 1.807) is 6.07 Å². The zero-order chi connectivity index (χ0) is 13.7. The molecule has 5 nitrogen and oxygen atoms in total. The van der Waals surface area contributed by atoms with E-state index >= 15 is 0 Å². The second-order valence-corrected chi connectivity index (χ2v) is 3.01. The van der Waals surface area contributed by atoms with Gasteiger partial charge in [0.1, 0.15) is 17.2 Å². The highest BCUT2D eigenvalue weighted by molar-refractivity contribution is 5.95. The van der Waals surface area contributed by atoms with Gasteiger partial charge < -0.3 is 9.47 Å². The number of benzene rings is 1. The van der Waals surface area contributed by atoms with Crippen LogP contribution in [0.5, 0.6) is 5.75 Å². The molecule has 0 saturated carbocycles. The van der Waals surface area contributed by atoms with Crippen molar-refractivity contribution in [2.45, 2.75) is 6.61 Å². The topological polar surface area (TPSA) is 76.4 Å². The van der Waals surface area contributed by atoms with Gasteiger partial charge in [-0.3, -0.25) is 4.79 Å². The molecule has 0 heterocycles. The summed E-state index contributed by atoms with van der Waals surface area (Å²) in [5, 5.41) is 8.84. The zero-order valence-corrected chi connectivity index (χ0v) is 9.15. The number of carbonyl (C=O) groups is 2. The molecule has 0 unspecified atom stereocenters. The van der Waals surface area contributed by atoms with Gasteiger partial charge in [0.15, 0.2) is 12.0 Å². The lowest BCUT2D eigenvalue weighted by molar-refractivity contribution is -0.0506. The molecule has 1 aromatic carbocycles. The first-order chi connectivity index (χ1) is 8.54. The number of nitriles is 1. The van der Waals surface area contributed by atoms with Crippen molar-refractivity contribution in [1.29, 1.82) is 5.26 Å². The lowest BCUT2D eigenvalue weighted by atomic mass is 10.0. The molecular weight excluding hydrogens is 248 g/mol. The Morgan fingerprint density at radius 3 is 2.61 bits per heavy atom. The Hall–Kier alpha value is -2.49. The van der Waals surface area contributed by atoms with Gasteiger partial charge in [-0.2, -0.15) is 14.0 Å². The van der Waals surface area contributed by atoms with E-state index in [0.717, 1.165) is 19.2 Å². The summed E-state index contributed by atoms with van der Waals surface area (Å²) in [7, 11) is 1.05. The van der Waals surface area contributed by atoms with Crippen LogP contribution in [0.1, 0.15) is 26.3 Å². The lowest BCUT2D eigenvalue weighted by Crippen LogP contribution is -2.12. The van der Waals surface area contributed by atoms with Gasteiger partial charge in [-0.15, -0.1) is 0 Å². The van der Waals surface area contributed by atoms with E-state index in [4.69, 9.17) is 5.26 Å². The molecule has 0 amide bonds. The van der Waals surface area contributed by atoms with Gasteiger partial charge in [-0.1, -0.05) is 0 Å². The number of methoxy groups -OCH3 is 1. The monoisotopic (exact) mass is 255 g/mol. The maximum absolute atomic E-state index is 12.2. The van der Waals surface area contributed by atoms with Crippen LogP contribution < -0.4 is 4.74 Å². The molecule has 94 valence electrons. The maximum Gasteiger partial charge on any atom is 0.387 e. The number of aldehydes is 1. The molecule has 0 atom stereocenters. The van der Waals surface area contributed by atoms with Crippen LogP contribution in [0.3, 0.4) is 0 Å². The standard InChI is InChI=1S/C11H7F2NO4/c1-17-10(16)7-3-2-6(5-15)8(4-14)9(7)18-11(12)13/h2-3,5,11H,1H3. The second kappa shape index (κ2) is 5.72. The summed E-state index contributed by atoms with van der Waals surface area (Å²) in [5.74, 6) is -1.61. The minimum atomic E-state index is -3.23. The molecule has 0 bridgehead atoms. The van der Waals surface area contributed by atoms with Crippen molar-refractivity contribution in [2.75, 3.05) is 7.11 Å². The fourth-order valence-electron chi connectivity index (χ4n) is 1.29. The number of ether oxygens (including phenoxy) is 2. The van der Waals surface area contributed by atoms with E-state index in [-0.39, 0.29) is 11.1 Å². The average Bonchev–Trinajstić information content (AvgIpc) is 2.36. The van der Waals surface area contributed by atoms with E-state index in [0.29, 0.717) is 6.29 Å². The third-order valence-electron chi connectivity index (χ3n) is 2.04. The minimum absolute atomic E-state index is 0.152. The summed E-state index contributed by atoms with van der Waals surface area (Å²) < 4.78 is 33.0. The van der Waals surface area contributed by atoms with Gasteiger partial charge in [0.2, 0.25) is 0 Å². The Morgan fingerprint density at radius 2 is 2.17 bits per heavy atom. The summed E-state index contributed by atoms with van der Waals surface area (Å²) in [4.78, 5) is 22.0. The number of nitrogens with zero attached hydrogens (tertiary/aromatic N) is 1. The fourth-order valence-corrected chi connectivity index (χ4v) is 1.29. The molecule has 0 N–H and O–H groups in total. The van der Waals surface area contributed by atoms with E-state index in [2.05, 4.69) is 9.47 Å². The van der Waals surface area contributed by atoms with Crippen molar-refractivity contribution in [3.8, 4) is 11.8 Å². The van der Waals surface area contributed by atoms with Gasteiger partial charge in [0.25, 0.3) is 0 Å². The Labute approximate surface area is 101 Å². The van der Waals surface area contributed by atoms with Crippen LogP contribution in [-0.2, 0) is 4.74 Å². The quantitative estimate of drug-likeness (QED) is 0.605. The maximum atomic E-state index is 12.2. The SMILES string of the molecule is COC(=O)c1ccc(C=O)c(C#N)c1OC(F)F. The Kier molecular flexibility index (Phi) is 4.32. The minimum Gasteiger partial charge on any atom is -0.465 e. The largest absolute Gasteiger partial charge is 0.465 e. The van der Waals surface area contributed by atoms with Gasteiger partial charge in [-0.25, -0.2) is 4.79 Å². The smallest absolute Gasteiger partial charge is 0.387 e. The summed E-state index contributed by atoms with van der Waals surface area (Å²) in [6.07, 6.45) is 0.304. The van der Waals surface area contributed by atoms with Crippen molar-refractivity contribution in [3.63, 3.8) is 0 Å². The molecule has 1 aromatic rings. The fraction of sp³-hybridized carbons (Fsp3) is 0.182. The predicted molar refractivity (Wildman–Crippen MR) is 54.5 cm³/mol. The van der Waals surface area contributed by atoms with Gasteiger partial charge in [-0.05, 0) is 12.1 Å².